The van der Waals surface area contributed by atoms with Gasteiger partial charge in [0.05, 0.1) is 123 Å². The molecule has 20 rings (SSSR count). The third-order valence-corrected chi connectivity index (χ3v) is 25.3. The second-order valence-corrected chi connectivity index (χ2v) is 36.5. The monoisotopic (exact) mass is 1700 g/mol. The third kappa shape index (κ3) is 21.4. The molecule has 15 heterocycles. The summed E-state index contributed by atoms with van der Waals surface area (Å²) in [5.41, 5.74) is 13.7. The molecule has 5 fully saturated rings. The lowest BCUT2D eigenvalue weighted by Gasteiger charge is -2.25. The maximum Gasteiger partial charge on any atom is 0.273 e. The smallest absolute Gasteiger partial charge is 0.273 e. The Morgan fingerprint density at radius 2 is 0.432 bits per heavy atom. The first kappa shape index (κ1) is 86.3. The summed E-state index contributed by atoms with van der Waals surface area (Å²) in [6, 6.07) is 0. The number of hydrogen-bond donors (Lipinski definition) is 0. The number of carbonyl (C=O) groups excluding carboxylic acids is 5. The number of fused-ring (bicyclic) bond motifs is 5. The van der Waals surface area contributed by atoms with E-state index in [9.17, 15) is 24.0 Å². The number of rotatable bonds is 20. The molecule has 5 aliphatic carbocycles. The van der Waals surface area contributed by atoms with Crippen molar-refractivity contribution < 1.29 is 24.0 Å². The molecule has 10 aromatic heterocycles. The minimum absolute atomic E-state index is 0.130. The Morgan fingerprint density at radius 1 is 0.248 bits per heavy atom. The number of carbonyl (C=O) groups is 5. The van der Waals surface area contributed by atoms with E-state index >= 15 is 0 Å². The quantitative estimate of drug-likeness (QED) is 0.0640. The fourth-order valence-electron chi connectivity index (χ4n) is 17.9. The molecule has 0 aromatic carbocycles. The van der Waals surface area contributed by atoms with Crippen LogP contribution in [0.2, 0.25) is 0 Å². The Hall–Kier alpha value is -12.2. The summed E-state index contributed by atoms with van der Waals surface area (Å²) >= 11 is 0. The Morgan fingerprint density at radius 3 is 0.608 bits per heavy atom. The Labute approximate surface area is 731 Å². The molecular weight excluding hydrogens is 1580 g/mol. The molecule has 5 aliphatic heterocycles. The van der Waals surface area contributed by atoms with Gasteiger partial charge in [-0.3, -0.25) is 72.3 Å². The lowest BCUT2D eigenvalue weighted by molar-refractivity contribution is 0.0814. The van der Waals surface area contributed by atoms with Crippen LogP contribution >= 0.6 is 0 Å². The van der Waals surface area contributed by atoms with E-state index in [4.69, 9.17) is 20.4 Å². The minimum atomic E-state index is -0.133. The van der Waals surface area contributed by atoms with Crippen LogP contribution in [0.1, 0.15) is 237 Å². The van der Waals surface area contributed by atoms with Gasteiger partial charge < -0.3 is 49.0 Å². The van der Waals surface area contributed by atoms with Gasteiger partial charge in [0.15, 0.2) is 0 Å². The summed E-state index contributed by atoms with van der Waals surface area (Å²) in [6.45, 7) is 12.7. The number of nitrogens with zero attached hydrogens (tertiary/aromatic N) is 30. The first-order chi connectivity index (χ1) is 60.5. The van der Waals surface area contributed by atoms with Gasteiger partial charge in [-0.1, -0.05) is 64.2 Å². The van der Waals surface area contributed by atoms with Crippen LogP contribution < -0.4 is 24.5 Å². The summed E-state index contributed by atoms with van der Waals surface area (Å²) < 4.78 is 10.6. The molecule has 0 radical (unpaired) electrons. The highest BCUT2D eigenvalue weighted by molar-refractivity contribution is 5.94. The van der Waals surface area contributed by atoms with E-state index in [0.29, 0.717) is 28.5 Å². The lowest BCUT2D eigenvalue weighted by Crippen LogP contribution is -2.25. The Kier molecular flexibility index (Phi) is 26.9. The van der Waals surface area contributed by atoms with Crippen molar-refractivity contribution in [2.24, 2.45) is 29.6 Å². The number of anilines is 5. The van der Waals surface area contributed by atoms with E-state index in [1.807, 2.05) is 0 Å². The molecule has 10 aromatic rings. The Balaban J connectivity index is 0.000000115. The first-order valence-electron chi connectivity index (χ1n) is 44.7. The standard InChI is InChI=1S/C20H28N6O.C19H26N6O.C18H24N6O.C17H22N6O.C16H20N6O/c1-24(2)20(27)17-9-21-10-19(22-17)25-12-16-13-26(23-18(16)14-25)11-15-7-5-3-4-6-8-15;1-23(2)19(26)16-8-20-9-18(21-16)24-11-15-12-25(22-17(15)13-24)10-14-6-4-3-5-7-14;1-22(2)18(25)15-7-19-8-17(20-15)23-10-14-11-24(21-16(14)12-23)9-13-5-3-4-6-13;1-21(2)17(24)14-6-18-7-16(19-14)22-9-13-10-23(20-15(13)11-22)8-12-4-3-5-12;1-20(2)16(23)13-5-17-6-15(18-13)21-8-12-9-22(7-11-3-4-11)19-14(12)10-21/h9-10,13,15H,3-8,11-12,14H2,1-2H3;8-9,12,14H,3-7,10-11,13H2,1-2H3;7-8,11,13H,3-6,9-10,12H2,1-2H3;6-7,10,12H,3-5,8-9,11H2,1-2H3;5-6,9,11H,3-4,7-8,10H2,1-2H3. The van der Waals surface area contributed by atoms with Crippen LogP contribution in [0.3, 0.4) is 0 Å². The van der Waals surface area contributed by atoms with Crippen molar-refractivity contribution in [3.63, 3.8) is 0 Å². The van der Waals surface area contributed by atoms with Crippen molar-refractivity contribution in [3.05, 3.63) is 178 Å². The summed E-state index contributed by atoms with van der Waals surface area (Å²) in [6.07, 6.45) is 54.0. The fraction of sp³-hybridized carbons (Fsp3) is 0.556. The molecule has 660 valence electrons. The van der Waals surface area contributed by atoms with Gasteiger partial charge in [-0.05, 0) is 93.8 Å². The largest absolute Gasteiger partial charge is 0.345 e. The van der Waals surface area contributed by atoms with Crippen molar-refractivity contribution in [3.8, 4) is 0 Å². The predicted octanol–water partition coefficient (Wildman–Crippen LogP) is 10.4. The zero-order valence-corrected chi connectivity index (χ0v) is 74.3. The number of amides is 5. The van der Waals surface area contributed by atoms with Crippen molar-refractivity contribution in [2.75, 3.05) is 95.0 Å². The van der Waals surface area contributed by atoms with Gasteiger partial charge in [0.2, 0.25) is 0 Å². The minimum Gasteiger partial charge on any atom is -0.345 e. The molecule has 0 saturated heterocycles. The predicted molar refractivity (Wildman–Crippen MR) is 471 cm³/mol. The molecule has 5 saturated carbocycles. The number of aromatic nitrogens is 20. The molecule has 0 N–H and O–H groups in total. The summed E-state index contributed by atoms with van der Waals surface area (Å²) in [5, 5.41) is 23.8. The van der Waals surface area contributed by atoms with E-state index in [1.54, 1.807) is 101 Å². The molecule has 10 aliphatic rings. The first-order valence-corrected chi connectivity index (χ1v) is 44.7. The molecule has 35 nitrogen and oxygen atoms in total. The molecule has 0 spiro atoms. The van der Waals surface area contributed by atoms with Crippen molar-refractivity contribution in [1.82, 2.24) is 123 Å². The van der Waals surface area contributed by atoms with E-state index in [-0.39, 0.29) is 29.5 Å². The average Bonchev–Trinajstić information content (AvgIpc) is 1.67. The maximum absolute atomic E-state index is 12.1. The molecule has 0 unspecified atom stereocenters. The van der Waals surface area contributed by atoms with Crippen LogP contribution in [0.25, 0.3) is 0 Å². The van der Waals surface area contributed by atoms with E-state index in [0.717, 1.165) is 185 Å². The van der Waals surface area contributed by atoms with Crippen LogP contribution in [0.15, 0.2) is 93.0 Å². The highest BCUT2D eigenvalue weighted by Crippen LogP contribution is 2.37. The highest BCUT2D eigenvalue weighted by Gasteiger charge is 2.34. The SMILES string of the molecule is CN(C)C(=O)c1cncc(N2Cc3cn(CC4CC4)nc3C2)n1.CN(C)C(=O)c1cncc(N2Cc3cn(CC4CCC4)nc3C2)n1.CN(C)C(=O)c1cncc(N2Cc3cn(CC4CCCC4)nc3C2)n1.CN(C)C(=O)c1cncc(N2Cc3cn(CC4CCCCC4)nc3C2)n1.CN(C)C(=O)c1cncc(N2Cc3cn(CC4CCCCCC4)nc3C2)n1. The van der Waals surface area contributed by atoms with Crippen molar-refractivity contribution >= 4 is 58.6 Å². The molecule has 0 atom stereocenters. The van der Waals surface area contributed by atoms with E-state index in [1.165, 1.54) is 212 Å². The van der Waals surface area contributed by atoms with Crippen LogP contribution in [0, 0.1) is 29.6 Å². The fourth-order valence-corrected chi connectivity index (χ4v) is 17.9. The van der Waals surface area contributed by atoms with Crippen LogP contribution in [0.5, 0.6) is 0 Å². The van der Waals surface area contributed by atoms with Crippen LogP contribution in [-0.4, -0.2) is 223 Å². The van der Waals surface area contributed by atoms with E-state index in [2.05, 4.69) is 134 Å². The van der Waals surface area contributed by atoms with Gasteiger partial charge in [-0.25, -0.2) is 24.9 Å². The normalized spacial score (nSPS) is 17.1. The lowest BCUT2D eigenvalue weighted by atomic mass is 9.85. The van der Waals surface area contributed by atoms with Crippen LogP contribution in [-0.2, 0) is 98.2 Å². The van der Waals surface area contributed by atoms with Crippen molar-refractivity contribution in [2.45, 2.75) is 227 Å². The number of hydrogen-bond acceptors (Lipinski definition) is 25. The molecule has 5 amide bonds. The Bertz CT molecular complexity index is 5300. The van der Waals surface area contributed by atoms with Crippen molar-refractivity contribution in [1.29, 1.82) is 0 Å². The zero-order valence-electron chi connectivity index (χ0n) is 74.3. The molecular formula is C90H120N30O5. The molecule has 125 heavy (non-hydrogen) atoms. The zero-order chi connectivity index (χ0) is 86.9. The third-order valence-electron chi connectivity index (χ3n) is 25.3. The van der Waals surface area contributed by atoms with Crippen LogP contribution in [0.4, 0.5) is 29.1 Å². The summed E-state index contributed by atoms with van der Waals surface area (Å²) in [7, 11) is 17.2. The summed E-state index contributed by atoms with van der Waals surface area (Å²) in [5.74, 6) is 6.95. The van der Waals surface area contributed by atoms with Gasteiger partial charge in [0, 0.05) is 195 Å². The maximum atomic E-state index is 12.1. The second-order valence-electron chi connectivity index (χ2n) is 36.5. The summed E-state index contributed by atoms with van der Waals surface area (Å²) in [4.78, 5) is 122. The topological polar surface area (TPSA) is 336 Å². The average molecular weight is 1700 g/mol. The van der Waals surface area contributed by atoms with Gasteiger partial charge in [-0.15, -0.1) is 0 Å². The molecule has 35 heteroatoms. The highest BCUT2D eigenvalue weighted by atomic mass is 16.2. The van der Waals surface area contributed by atoms with E-state index < -0.39 is 0 Å². The molecule has 0 bridgehead atoms. The van der Waals surface area contributed by atoms with Gasteiger partial charge in [0.1, 0.15) is 57.6 Å². The van der Waals surface area contributed by atoms with Gasteiger partial charge in [-0.2, -0.15) is 25.5 Å². The van der Waals surface area contributed by atoms with Gasteiger partial charge >= 0.3 is 0 Å². The van der Waals surface area contributed by atoms with Gasteiger partial charge in [0.25, 0.3) is 29.5 Å². The second kappa shape index (κ2) is 38.9.